The predicted molar refractivity (Wildman–Crippen MR) is 40.4 cm³/mol. The second-order valence-corrected chi connectivity index (χ2v) is 2.42. The van der Waals surface area contributed by atoms with Gasteiger partial charge in [-0.15, -0.1) is 0 Å². The molecule has 0 atom stereocenters. The molecule has 0 saturated heterocycles. The summed E-state index contributed by atoms with van der Waals surface area (Å²) in [5, 5.41) is 8.64. The zero-order valence-electron chi connectivity index (χ0n) is 5.80. The first-order valence-electron chi connectivity index (χ1n) is 3.21. The van der Waals surface area contributed by atoms with Crippen molar-refractivity contribution in [1.82, 2.24) is 5.01 Å². The van der Waals surface area contributed by atoms with Crippen molar-refractivity contribution in [3.63, 3.8) is 0 Å². The zero-order valence-corrected chi connectivity index (χ0v) is 5.80. The van der Waals surface area contributed by atoms with Crippen molar-refractivity contribution in [1.29, 1.82) is 5.41 Å². The second kappa shape index (κ2) is 2.81. The summed E-state index contributed by atoms with van der Waals surface area (Å²) in [6.45, 7) is 1.40. The van der Waals surface area contributed by atoms with Gasteiger partial charge in [0.25, 0.3) is 0 Å². The Morgan fingerprint density at radius 3 is 2.80 bits per heavy atom. The van der Waals surface area contributed by atoms with E-state index in [2.05, 4.69) is 0 Å². The molecule has 0 unspecified atom stereocenters. The van der Waals surface area contributed by atoms with Crippen LogP contribution in [0.15, 0.2) is 11.3 Å². The molecule has 1 aliphatic rings. The average Bonchev–Trinajstić information content (AvgIpc) is 1.94. The van der Waals surface area contributed by atoms with Gasteiger partial charge in [-0.3, -0.25) is 5.84 Å². The molecular weight excluding hydrogens is 128 g/mol. The summed E-state index contributed by atoms with van der Waals surface area (Å²) in [4.78, 5) is 0. The zero-order chi connectivity index (χ0) is 7.56. The van der Waals surface area contributed by atoms with E-state index in [1.54, 1.807) is 5.01 Å². The van der Waals surface area contributed by atoms with E-state index in [0.29, 0.717) is 6.54 Å². The summed E-state index contributed by atoms with van der Waals surface area (Å²) in [5.74, 6) is 5.50. The fourth-order valence-electron chi connectivity index (χ4n) is 0.962. The number of nitrogens with one attached hydrogen (secondary N) is 1. The quantitative estimate of drug-likeness (QED) is 0.337. The summed E-state index contributed by atoms with van der Waals surface area (Å²) in [6.07, 6.45) is 2.05. The van der Waals surface area contributed by atoms with Gasteiger partial charge in [-0.2, -0.15) is 0 Å². The Morgan fingerprint density at radius 1 is 1.60 bits per heavy atom. The fourth-order valence-corrected chi connectivity index (χ4v) is 0.962. The first-order chi connectivity index (χ1) is 4.74. The maximum absolute atomic E-state index is 6.97. The number of nitrogens with zero attached hydrogens (tertiary/aromatic N) is 1. The lowest BCUT2D eigenvalue weighted by Crippen LogP contribution is -2.38. The van der Waals surface area contributed by atoms with Gasteiger partial charge >= 0.3 is 0 Å². The van der Waals surface area contributed by atoms with Crippen molar-refractivity contribution in [2.45, 2.75) is 6.42 Å². The topological polar surface area (TPSA) is 79.1 Å². The van der Waals surface area contributed by atoms with E-state index in [1.807, 2.05) is 0 Å². The normalized spacial score (nSPS) is 21.3. The van der Waals surface area contributed by atoms with Gasteiger partial charge in [-0.1, -0.05) is 0 Å². The van der Waals surface area contributed by atoms with Crippen LogP contribution >= 0.6 is 0 Å². The molecule has 0 fully saturated rings. The van der Waals surface area contributed by atoms with E-state index in [1.165, 1.54) is 6.21 Å². The van der Waals surface area contributed by atoms with E-state index in [4.69, 9.17) is 17.0 Å². The highest BCUT2D eigenvalue weighted by molar-refractivity contribution is 5.77. The summed E-state index contributed by atoms with van der Waals surface area (Å²) >= 11 is 0. The number of hydrogen-bond donors (Lipinski definition) is 3. The number of hydrazine groups is 1. The van der Waals surface area contributed by atoms with Crippen molar-refractivity contribution < 1.29 is 0 Å². The molecule has 0 radical (unpaired) electrons. The van der Waals surface area contributed by atoms with Crippen LogP contribution in [-0.2, 0) is 0 Å². The third-order valence-electron chi connectivity index (χ3n) is 1.63. The van der Waals surface area contributed by atoms with Gasteiger partial charge in [-0.05, 0) is 0 Å². The number of nitrogens with two attached hydrogens (primary N) is 2. The smallest absolute Gasteiger partial charge is 0.0411 e. The van der Waals surface area contributed by atoms with E-state index in [0.717, 1.165) is 24.2 Å². The number of hydrogen-bond acceptors (Lipinski definition) is 4. The van der Waals surface area contributed by atoms with Gasteiger partial charge in [0, 0.05) is 37.0 Å². The highest BCUT2D eigenvalue weighted by Gasteiger charge is 2.11. The van der Waals surface area contributed by atoms with Crippen molar-refractivity contribution >= 4 is 6.21 Å². The van der Waals surface area contributed by atoms with Gasteiger partial charge in [-0.25, -0.2) is 5.01 Å². The van der Waals surface area contributed by atoms with Gasteiger partial charge in [0.1, 0.15) is 0 Å². The minimum absolute atomic E-state index is 0.606. The lowest BCUT2D eigenvalue weighted by molar-refractivity contribution is 0.300. The Balaban J connectivity index is 2.71. The minimum Gasteiger partial charge on any atom is -0.402 e. The average molecular weight is 140 g/mol. The molecule has 0 aromatic carbocycles. The van der Waals surface area contributed by atoms with Crippen LogP contribution in [0.5, 0.6) is 0 Å². The van der Waals surface area contributed by atoms with Crippen molar-refractivity contribution in [3.8, 4) is 0 Å². The maximum Gasteiger partial charge on any atom is 0.0411 e. The van der Waals surface area contributed by atoms with Crippen molar-refractivity contribution in [3.05, 3.63) is 11.3 Å². The summed E-state index contributed by atoms with van der Waals surface area (Å²) in [7, 11) is 0. The largest absolute Gasteiger partial charge is 0.402 e. The van der Waals surface area contributed by atoms with Crippen LogP contribution in [0.25, 0.3) is 0 Å². The van der Waals surface area contributed by atoms with Crippen LogP contribution in [-0.4, -0.2) is 24.3 Å². The Hall–Kier alpha value is -0.870. The molecule has 5 N–H and O–H groups in total. The van der Waals surface area contributed by atoms with Crippen LogP contribution < -0.4 is 11.6 Å². The monoisotopic (exact) mass is 140 g/mol. The van der Waals surface area contributed by atoms with Crippen LogP contribution in [0, 0.1) is 5.41 Å². The summed E-state index contributed by atoms with van der Waals surface area (Å²) < 4.78 is 0. The van der Waals surface area contributed by atoms with Crippen molar-refractivity contribution in [2.24, 2.45) is 11.6 Å². The van der Waals surface area contributed by atoms with Crippen LogP contribution in [0.3, 0.4) is 0 Å². The fraction of sp³-hybridized carbons (Fsp3) is 0.500. The highest BCUT2D eigenvalue weighted by atomic mass is 15.4. The van der Waals surface area contributed by atoms with Crippen molar-refractivity contribution in [2.75, 3.05) is 13.1 Å². The molecule has 1 heterocycles. The van der Waals surface area contributed by atoms with Crippen LogP contribution in [0.1, 0.15) is 6.42 Å². The Labute approximate surface area is 60.0 Å². The molecule has 4 heteroatoms. The SMILES string of the molecule is N=CC1=C(N)CCN(N)C1. The lowest BCUT2D eigenvalue weighted by Gasteiger charge is -2.23. The molecule has 1 aliphatic heterocycles. The highest BCUT2D eigenvalue weighted by Crippen LogP contribution is 2.08. The molecule has 4 nitrogen and oxygen atoms in total. The van der Waals surface area contributed by atoms with Gasteiger partial charge in [0.05, 0.1) is 0 Å². The first-order valence-corrected chi connectivity index (χ1v) is 3.21. The summed E-state index contributed by atoms with van der Waals surface area (Å²) in [6, 6.07) is 0. The third-order valence-corrected chi connectivity index (χ3v) is 1.63. The molecule has 0 aliphatic carbocycles. The molecule has 0 aromatic rings. The molecule has 1 rings (SSSR count). The molecule has 0 saturated carbocycles. The van der Waals surface area contributed by atoms with E-state index in [9.17, 15) is 0 Å². The second-order valence-electron chi connectivity index (χ2n) is 2.42. The molecular formula is C6H12N4. The summed E-state index contributed by atoms with van der Waals surface area (Å²) in [5.41, 5.74) is 7.24. The number of rotatable bonds is 1. The Bertz CT molecular complexity index is 173. The van der Waals surface area contributed by atoms with Gasteiger partial charge < -0.3 is 11.1 Å². The van der Waals surface area contributed by atoms with E-state index in [-0.39, 0.29) is 0 Å². The Morgan fingerprint density at radius 2 is 2.30 bits per heavy atom. The molecule has 0 spiro atoms. The standard InChI is InChI=1S/C6H12N4/c7-3-5-4-10(9)2-1-6(5)8/h3,7H,1-2,4,8-9H2. The minimum atomic E-state index is 0.606. The lowest BCUT2D eigenvalue weighted by atomic mass is 10.1. The van der Waals surface area contributed by atoms with Crippen LogP contribution in [0.2, 0.25) is 0 Å². The van der Waals surface area contributed by atoms with Gasteiger partial charge in [0.15, 0.2) is 0 Å². The molecule has 0 amide bonds. The predicted octanol–water partition coefficient (Wildman–Crippen LogP) is -0.572. The van der Waals surface area contributed by atoms with E-state index >= 15 is 0 Å². The van der Waals surface area contributed by atoms with Gasteiger partial charge in [0.2, 0.25) is 0 Å². The van der Waals surface area contributed by atoms with E-state index < -0.39 is 0 Å². The van der Waals surface area contributed by atoms with Crippen LogP contribution in [0.4, 0.5) is 0 Å². The Kier molecular flexibility index (Phi) is 2.03. The maximum atomic E-state index is 6.97. The first kappa shape index (κ1) is 7.24. The molecule has 0 bridgehead atoms. The molecule has 56 valence electrons. The third kappa shape index (κ3) is 1.34. The molecule has 0 aromatic heterocycles. The molecule has 10 heavy (non-hydrogen) atoms.